The maximum Gasteiger partial charge on any atom is 0.171 e. The Hall–Kier alpha value is -2.07. The summed E-state index contributed by atoms with van der Waals surface area (Å²) in [6.45, 7) is -0.389. The molecule has 0 bridgehead atoms. The molecule has 0 saturated heterocycles. The van der Waals surface area contributed by atoms with Crippen LogP contribution in [-0.2, 0) is 0 Å². The Bertz CT molecular complexity index is 427. The minimum Gasteiger partial charge on any atom is -0.497 e. The summed E-state index contributed by atoms with van der Waals surface area (Å²) in [4.78, 5) is 13.7. The molecule has 1 rings (SSSR count). The Morgan fingerprint density at radius 3 is 2.93 bits per heavy atom. The number of carbonyl (C=O) groups is 1. The van der Waals surface area contributed by atoms with E-state index >= 15 is 0 Å². The highest BCUT2D eigenvalue weighted by Crippen LogP contribution is 2.16. The average molecular weight is 209 g/mol. The molecule has 0 spiro atoms. The fourth-order valence-electron chi connectivity index (χ4n) is 1.03. The van der Waals surface area contributed by atoms with Crippen molar-refractivity contribution in [2.75, 3.05) is 13.7 Å². The van der Waals surface area contributed by atoms with Gasteiger partial charge in [0, 0.05) is 11.0 Å². The van der Waals surface area contributed by atoms with Crippen molar-refractivity contribution in [3.8, 4) is 5.75 Å². The van der Waals surface area contributed by atoms with E-state index in [0.717, 1.165) is 6.07 Å². The van der Waals surface area contributed by atoms with Crippen molar-refractivity contribution in [2.24, 2.45) is 5.11 Å². The zero-order valence-electron chi connectivity index (χ0n) is 7.98. The zero-order valence-corrected chi connectivity index (χ0v) is 7.98. The number of ether oxygens (including phenoxy) is 1. The van der Waals surface area contributed by atoms with Crippen molar-refractivity contribution in [1.29, 1.82) is 0 Å². The molecule has 15 heavy (non-hydrogen) atoms. The molecule has 0 heterocycles. The van der Waals surface area contributed by atoms with Crippen molar-refractivity contribution in [3.05, 3.63) is 40.0 Å². The Morgan fingerprint density at radius 1 is 1.67 bits per heavy atom. The summed E-state index contributed by atoms with van der Waals surface area (Å²) >= 11 is 0. The number of carbonyl (C=O) groups excluding carboxylic acids is 1. The van der Waals surface area contributed by atoms with Gasteiger partial charge >= 0.3 is 0 Å². The van der Waals surface area contributed by atoms with Crippen molar-refractivity contribution < 1.29 is 13.9 Å². The van der Waals surface area contributed by atoms with Crippen LogP contribution in [0.5, 0.6) is 5.75 Å². The molecule has 0 aliphatic rings. The molecule has 5 nitrogen and oxygen atoms in total. The summed E-state index contributed by atoms with van der Waals surface area (Å²) in [6, 6.07) is 3.86. The monoisotopic (exact) mass is 209 g/mol. The van der Waals surface area contributed by atoms with Gasteiger partial charge in [-0.1, -0.05) is 5.11 Å². The van der Waals surface area contributed by atoms with Crippen LogP contribution in [-0.4, -0.2) is 19.4 Å². The molecule has 0 aromatic heterocycles. The first-order valence-corrected chi connectivity index (χ1v) is 4.06. The van der Waals surface area contributed by atoms with Gasteiger partial charge in [-0.15, -0.1) is 0 Å². The second kappa shape index (κ2) is 4.97. The fraction of sp³-hybridized carbons (Fsp3) is 0.222. The fourth-order valence-corrected chi connectivity index (χ4v) is 1.03. The predicted molar refractivity (Wildman–Crippen MR) is 51.3 cm³/mol. The molecule has 0 atom stereocenters. The van der Waals surface area contributed by atoms with E-state index in [4.69, 9.17) is 10.3 Å². The van der Waals surface area contributed by atoms with Crippen molar-refractivity contribution in [3.63, 3.8) is 0 Å². The van der Waals surface area contributed by atoms with E-state index in [-0.39, 0.29) is 12.1 Å². The number of nitrogens with zero attached hydrogens (tertiary/aromatic N) is 3. The van der Waals surface area contributed by atoms with Gasteiger partial charge in [-0.2, -0.15) is 0 Å². The molecular weight excluding hydrogens is 201 g/mol. The highest BCUT2D eigenvalue weighted by molar-refractivity contribution is 5.98. The van der Waals surface area contributed by atoms with Gasteiger partial charge in [0.2, 0.25) is 0 Å². The normalized spacial score (nSPS) is 9.20. The summed E-state index contributed by atoms with van der Waals surface area (Å²) in [6.07, 6.45) is 0. The molecule has 0 amide bonds. The number of rotatable bonds is 4. The van der Waals surface area contributed by atoms with E-state index in [1.54, 1.807) is 0 Å². The first-order chi connectivity index (χ1) is 7.19. The topological polar surface area (TPSA) is 75.1 Å². The molecule has 1 aromatic rings. The van der Waals surface area contributed by atoms with E-state index in [9.17, 15) is 9.18 Å². The second-order valence-corrected chi connectivity index (χ2v) is 2.66. The lowest BCUT2D eigenvalue weighted by Gasteiger charge is -2.02. The lowest BCUT2D eigenvalue weighted by atomic mass is 10.1. The Morgan fingerprint density at radius 2 is 2.40 bits per heavy atom. The number of Topliss-reactive ketones (excluding diaryl/α,β-unsaturated/α-hetero) is 1. The van der Waals surface area contributed by atoms with Gasteiger partial charge in [-0.25, -0.2) is 4.39 Å². The lowest BCUT2D eigenvalue weighted by molar-refractivity contribution is 0.0997. The molecular formula is C9H8FN3O2. The van der Waals surface area contributed by atoms with E-state index < -0.39 is 11.6 Å². The number of hydrogen-bond donors (Lipinski definition) is 0. The summed E-state index contributed by atoms with van der Waals surface area (Å²) in [7, 11) is 1.40. The van der Waals surface area contributed by atoms with Crippen molar-refractivity contribution in [2.45, 2.75) is 0 Å². The molecule has 1 aromatic carbocycles. The van der Waals surface area contributed by atoms with Gasteiger partial charge in [-0.05, 0) is 17.7 Å². The van der Waals surface area contributed by atoms with Crippen LogP contribution in [0.15, 0.2) is 23.3 Å². The molecule has 0 aliphatic carbocycles. The van der Waals surface area contributed by atoms with Gasteiger partial charge in [-0.3, -0.25) is 4.79 Å². The molecule has 78 valence electrons. The first kappa shape index (κ1) is 11.0. The first-order valence-electron chi connectivity index (χ1n) is 4.06. The minimum atomic E-state index is -0.688. The summed E-state index contributed by atoms with van der Waals surface area (Å²) in [5, 5.41) is 3.06. The van der Waals surface area contributed by atoms with E-state index in [1.807, 2.05) is 0 Å². The highest BCUT2D eigenvalue weighted by Gasteiger charge is 2.11. The third-order valence-electron chi connectivity index (χ3n) is 1.75. The van der Waals surface area contributed by atoms with Crippen molar-refractivity contribution in [1.82, 2.24) is 0 Å². The van der Waals surface area contributed by atoms with Crippen molar-refractivity contribution >= 4 is 5.78 Å². The van der Waals surface area contributed by atoms with Crippen LogP contribution in [0.2, 0.25) is 0 Å². The van der Waals surface area contributed by atoms with Crippen LogP contribution in [0.4, 0.5) is 4.39 Å². The molecule has 0 radical (unpaired) electrons. The summed E-state index contributed by atoms with van der Waals surface area (Å²) in [5.74, 6) is -0.923. The van der Waals surface area contributed by atoms with Crippen LogP contribution >= 0.6 is 0 Å². The van der Waals surface area contributed by atoms with E-state index in [0.29, 0.717) is 5.75 Å². The van der Waals surface area contributed by atoms with Crippen LogP contribution in [0.1, 0.15) is 10.4 Å². The molecule has 0 N–H and O–H groups in total. The maximum atomic E-state index is 13.3. The molecule has 0 saturated carbocycles. The van der Waals surface area contributed by atoms with Crippen LogP contribution in [0, 0.1) is 5.82 Å². The zero-order chi connectivity index (χ0) is 11.3. The van der Waals surface area contributed by atoms with E-state index in [1.165, 1.54) is 19.2 Å². The van der Waals surface area contributed by atoms with Gasteiger partial charge in [0.1, 0.15) is 11.6 Å². The summed E-state index contributed by atoms with van der Waals surface area (Å²) in [5.41, 5.74) is 7.90. The highest BCUT2D eigenvalue weighted by atomic mass is 19.1. The van der Waals surface area contributed by atoms with Gasteiger partial charge in [0.05, 0.1) is 19.2 Å². The Labute approximate surface area is 85.1 Å². The third-order valence-corrected chi connectivity index (χ3v) is 1.75. The number of methoxy groups -OCH3 is 1. The van der Waals surface area contributed by atoms with Crippen LogP contribution in [0.25, 0.3) is 10.4 Å². The molecule has 6 heteroatoms. The largest absolute Gasteiger partial charge is 0.497 e. The Balaban J connectivity index is 2.95. The smallest absolute Gasteiger partial charge is 0.171 e. The number of hydrogen-bond acceptors (Lipinski definition) is 3. The summed E-state index contributed by atoms with van der Waals surface area (Å²) < 4.78 is 18.1. The SMILES string of the molecule is COc1ccc(C(=O)CN=[N+]=[N-])c(F)c1. The minimum absolute atomic E-state index is 0.108. The van der Waals surface area contributed by atoms with Gasteiger partial charge < -0.3 is 4.74 Å². The molecule has 0 aliphatic heterocycles. The number of benzene rings is 1. The average Bonchev–Trinajstić information content (AvgIpc) is 2.25. The van der Waals surface area contributed by atoms with Gasteiger partial charge in [0.25, 0.3) is 0 Å². The number of halogens is 1. The Kier molecular flexibility index (Phi) is 3.65. The van der Waals surface area contributed by atoms with Crippen LogP contribution < -0.4 is 4.74 Å². The lowest BCUT2D eigenvalue weighted by Crippen LogP contribution is -2.05. The number of azide groups is 1. The second-order valence-electron chi connectivity index (χ2n) is 2.66. The molecule has 0 fully saturated rings. The molecule has 0 unspecified atom stereocenters. The van der Waals surface area contributed by atoms with E-state index in [2.05, 4.69) is 10.0 Å². The number of ketones is 1. The van der Waals surface area contributed by atoms with Crippen LogP contribution in [0.3, 0.4) is 0 Å². The quantitative estimate of drug-likeness (QED) is 0.330. The predicted octanol–water partition coefficient (Wildman–Crippen LogP) is 2.33. The standard InChI is InChI=1S/C9H8FN3O2/c1-15-6-2-3-7(8(10)4-6)9(14)5-12-13-11/h2-4H,5H2,1H3. The maximum absolute atomic E-state index is 13.3. The van der Waals surface area contributed by atoms with Gasteiger partial charge in [0.15, 0.2) is 5.78 Å². The third kappa shape index (κ3) is 2.69.